The molecule has 0 aliphatic carbocycles. The summed E-state index contributed by atoms with van der Waals surface area (Å²) in [5.41, 5.74) is 6.44. The first-order valence-corrected chi connectivity index (χ1v) is 7.88. The number of likely N-dealkylation sites (N-methyl/N-ethyl adjacent to an activating group) is 1. The van der Waals surface area contributed by atoms with Crippen LogP contribution < -0.4 is 5.32 Å². The maximum absolute atomic E-state index is 4.59. The van der Waals surface area contributed by atoms with Crippen molar-refractivity contribution in [2.45, 2.75) is 53.6 Å². The number of benzene rings is 1. The lowest BCUT2D eigenvalue weighted by Crippen LogP contribution is -2.25. The first kappa shape index (κ1) is 15.8. The van der Waals surface area contributed by atoms with E-state index >= 15 is 0 Å². The standard InChI is InChI=1S/C18H27N3/c1-6-19-17(18-11-15(5)20-21(18)7-2)12-16-9-13(3)8-14(4)10-16/h8-11,17,19H,6-7,12H2,1-5H3. The van der Waals surface area contributed by atoms with E-state index in [4.69, 9.17) is 0 Å². The number of aryl methyl sites for hydroxylation is 4. The van der Waals surface area contributed by atoms with Gasteiger partial charge in [0.05, 0.1) is 17.4 Å². The van der Waals surface area contributed by atoms with Crippen LogP contribution >= 0.6 is 0 Å². The fourth-order valence-corrected chi connectivity index (χ4v) is 3.05. The van der Waals surface area contributed by atoms with Gasteiger partial charge in [-0.05, 0) is 52.3 Å². The van der Waals surface area contributed by atoms with Crippen molar-refractivity contribution in [3.05, 3.63) is 52.3 Å². The molecule has 1 atom stereocenters. The van der Waals surface area contributed by atoms with Crippen molar-refractivity contribution in [2.75, 3.05) is 6.54 Å². The SMILES string of the molecule is CCNC(Cc1cc(C)cc(C)c1)c1cc(C)nn1CC. The number of hydrogen-bond acceptors (Lipinski definition) is 2. The zero-order chi connectivity index (χ0) is 15.4. The minimum absolute atomic E-state index is 0.317. The maximum atomic E-state index is 4.59. The Labute approximate surface area is 128 Å². The fraction of sp³-hybridized carbons (Fsp3) is 0.500. The highest BCUT2D eigenvalue weighted by Gasteiger charge is 2.17. The van der Waals surface area contributed by atoms with Crippen molar-refractivity contribution >= 4 is 0 Å². The molecule has 0 saturated carbocycles. The highest BCUT2D eigenvalue weighted by atomic mass is 15.3. The lowest BCUT2D eigenvalue weighted by atomic mass is 9.99. The number of aromatic nitrogens is 2. The Bertz CT molecular complexity index is 578. The molecule has 0 bridgehead atoms. The van der Waals surface area contributed by atoms with Crippen molar-refractivity contribution in [2.24, 2.45) is 0 Å². The minimum Gasteiger partial charge on any atom is -0.309 e. The molecule has 0 amide bonds. The summed E-state index contributed by atoms with van der Waals surface area (Å²) >= 11 is 0. The van der Waals surface area contributed by atoms with Crippen LogP contribution in [0.1, 0.15) is 48.0 Å². The maximum Gasteiger partial charge on any atom is 0.0597 e. The third-order valence-electron chi connectivity index (χ3n) is 3.76. The Kier molecular flexibility index (Phi) is 5.18. The van der Waals surface area contributed by atoms with Crippen molar-refractivity contribution in [3.8, 4) is 0 Å². The predicted octanol–water partition coefficient (Wildman–Crippen LogP) is 3.72. The molecular weight excluding hydrogens is 258 g/mol. The van der Waals surface area contributed by atoms with E-state index in [9.17, 15) is 0 Å². The molecular formula is C18H27N3. The molecule has 0 saturated heterocycles. The zero-order valence-corrected chi connectivity index (χ0v) is 13.9. The molecule has 21 heavy (non-hydrogen) atoms. The van der Waals surface area contributed by atoms with Crippen LogP contribution in [0.2, 0.25) is 0 Å². The number of rotatable bonds is 6. The highest BCUT2D eigenvalue weighted by molar-refractivity contribution is 5.30. The largest absolute Gasteiger partial charge is 0.309 e. The van der Waals surface area contributed by atoms with Gasteiger partial charge in [0.15, 0.2) is 0 Å². The van der Waals surface area contributed by atoms with Gasteiger partial charge in [0.1, 0.15) is 0 Å². The normalized spacial score (nSPS) is 12.6. The second-order valence-corrected chi connectivity index (χ2v) is 5.84. The second kappa shape index (κ2) is 6.90. The van der Waals surface area contributed by atoms with Gasteiger partial charge in [0.2, 0.25) is 0 Å². The zero-order valence-electron chi connectivity index (χ0n) is 13.9. The molecule has 1 unspecified atom stereocenters. The van der Waals surface area contributed by atoms with Gasteiger partial charge in [0.25, 0.3) is 0 Å². The van der Waals surface area contributed by atoms with Gasteiger partial charge >= 0.3 is 0 Å². The van der Waals surface area contributed by atoms with Crippen LogP contribution in [0.15, 0.2) is 24.3 Å². The van der Waals surface area contributed by atoms with Crippen LogP contribution in [0, 0.1) is 20.8 Å². The van der Waals surface area contributed by atoms with E-state index in [-0.39, 0.29) is 0 Å². The molecule has 1 N–H and O–H groups in total. The van der Waals surface area contributed by atoms with Gasteiger partial charge in [0, 0.05) is 6.54 Å². The van der Waals surface area contributed by atoms with Crippen molar-refractivity contribution < 1.29 is 0 Å². The lowest BCUT2D eigenvalue weighted by molar-refractivity contribution is 0.489. The van der Waals surface area contributed by atoms with Crippen LogP contribution in [0.3, 0.4) is 0 Å². The molecule has 114 valence electrons. The van der Waals surface area contributed by atoms with Gasteiger partial charge in [-0.25, -0.2) is 0 Å². The fourth-order valence-electron chi connectivity index (χ4n) is 3.05. The van der Waals surface area contributed by atoms with Gasteiger partial charge < -0.3 is 5.32 Å². The number of nitrogens with one attached hydrogen (secondary N) is 1. The lowest BCUT2D eigenvalue weighted by Gasteiger charge is -2.19. The highest BCUT2D eigenvalue weighted by Crippen LogP contribution is 2.21. The summed E-state index contributed by atoms with van der Waals surface area (Å²) in [4.78, 5) is 0. The Morgan fingerprint density at radius 2 is 1.71 bits per heavy atom. The van der Waals surface area contributed by atoms with Gasteiger partial charge in [-0.3, -0.25) is 4.68 Å². The Morgan fingerprint density at radius 1 is 1.05 bits per heavy atom. The Hall–Kier alpha value is -1.61. The molecule has 0 radical (unpaired) electrons. The van der Waals surface area contributed by atoms with Crippen molar-refractivity contribution in [1.82, 2.24) is 15.1 Å². The molecule has 0 fully saturated rings. The third kappa shape index (κ3) is 3.94. The second-order valence-electron chi connectivity index (χ2n) is 5.84. The molecule has 0 aliphatic rings. The van der Waals surface area contributed by atoms with Crippen molar-refractivity contribution in [3.63, 3.8) is 0 Å². The molecule has 1 heterocycles. The van der Waals surface area contributed by atoms with E-state index in [1.165, 1.54) is 22.4 Å². The molecule has 1 aromatic heterocycles. The molecule has 3 heteroatoms. The Morgan fingerprint density at radius 3 is 2.29 bits per heavy atom. The van der Waals surface area contributed by atoms with E-state index < -0.39 is 0 Å². The first-order chi connectivity index (χ1) is 10.0. The van der Waals surface area contributed by atoms with E-state index in [0.717, 1.165) is 25.2 Å². The first-order valence-electron chi connectivity index (χ1n) is 7.88. The topological polar surface area (TPSA) is 29.9 Å². The predicted molar refractivity (Wildman–Crippen MR) is 88.7 cm³/mol. The van der Waals surface area contributed by atoms with Crippen LogP contribution in [0.5, 0.6) is 0 Å². The summed E-state index contributed by atoms with van der Waals surface area (Å²) in [5, 5.41) is 8.20. The summed E-state index contributed by atoms with van der Waals surface area (Å²) in [5.74, 6) is 0. The molecule has 2 aromatic rings. The molecule has 1 aromatic carbocycles. The van der Waals surface area contributed by atoms with Crippen molar-refractivity contribution in [1.29, 1.82) is 0 Å². The van der Waals surface area contributed by atoms with E-state index in [1.54, 1.807) is 0 Å². The Balaban J connectivity index is 2.30. The molecule has 0 aliphatic heterocycles. The van der Waals surface area contributed by atoms with Crippen LogP contribution in [-0.2, 0) is 13.0 Å². The average molecular weight is 285 g/mol. The van der Waals surface area contributed by atoms with E-state index in [0.29, 0.717) is 6.04 Å². The third-order valence-corrected chi connectivity index (χ3v) is 3.76. The van der Waals surface area contributed by atoms with Crippen LogP contribution in [-0.4, -0.2) is 16.3 Å². The summed E-state index contributed by atoms with van der Waals surface area (Å²) in [6.07, 6.45) is 1.00. The van der Waals surface area contributed by atoms with Crippen LogP contribution in [0.4, 0.5) is 0 Å². The summed E-state index contributed by atoms with van der Waals surface area (Å²) in [7, 11) is 0. The summed E-state index contributed by atoms with van der Waals surface area (Å²) in [6, 6.07) is 9.33. The summed E-state index contributed by atoms with van der Waals surface area (Å²) in [6.45, 7) is 12.6. The number of hydrogen-bond donors (Lipinski definition) is 1. The smallest absolute Gasteiger partial charge is 0.0597 e. The van der Waals surface area contributed by atoms with E-state index in [2.05, 4.69) is 74.0 Å². The van der Waals surface area contributed by atoms with Gasteiger partial charge in [-0.1, -0.05) is 36.2 Å². The number of nitrogens with zero attached hydrogens (tertiary/aromatic N) is 2. The molecule has 2 rings (SSSR count). The minimum atomic E-state index is 0.317. The molecule has 0 spiro atoms. The summed E-state index contributed by atoms with van der Waals surface area (Å²) < 4.78 is 2.12. The quantitative estimate of drug-likeness (QED) is 0.876. The van der Waals surface area contributed by atoms with E-state index in [1.807, 2.05) is 0 Å². The monoisotopic (exact) mass is 285 g/mol. The molecule has 3 nitrogen and oxygen atoms in total. The van der Waals surface area contributed by atoms with Gasteiger partial charge in [-0.2, -0.15) is 5.10 Å². The van der Waals surface area contributed by atoms with Crippen LogP contribution in [0.25, 0.3) is 0 Å². The van der Waals surface area contributed by atoms with Gasteiger partial charge in [-0.15, -0.1) is 0 Å². The average Bonchev–Trinajstić information content (AvgIpc) is 2.78.